The number of hydrazone groups is 2. The molecule has 0 atom stereocenters. The summed E-state index contributed by atoms with van der Waals surface area (Å²) in [6.07, 6.45) is 2.91. The summed E-state index contributed by atoms with van der Waals surface area (Å²) in [7, 11) is 0. The maximum Gasteiger partial charge on any atom is 4.00 e. The third kappa shape index (κ3) is 16.0. The zero-order chi connectivity index (χ0) is 28.4. The maximum absolute atomic E-state index is 11.4. The average molecular weight is 835 g/mol. The Kier molecular flexibility index (Phi) is 21.1. The van der Waals surface area contributed by atoms with E-state index in [1.807, 2.05) is 60.7 Å². The van der Waals surface area contributed by atoms with Crippen LogP contribution < -0.4 is 56.5 Å². The Morgan fingerprint density at radius 3 is 1.23 bits per heavy atom. The molecule has 0 heterocycles. The van der Waals surface area contributed by atoms with Gasteiger partial charge in [0.15, 0.2) is 10.2 Å². The van der Waals surface area contributed by atoms with Crippen molar-refractivity contribution >= 4 is 47.1 Å². The van der Waals surface area contributed by atoms with E-state index >= 15 is 0 Å². The number of rotatable bonds is 8. The Bertz CT molecular complexity index is 1330. The molecule has 13 heteroatoms. The van der Waals surface area contributed by atoms with Crippen LogP contribution >= 0.6 is 24.4 Å². The van der Waals surface area contributed by atoms with E-state index < -0.39 is 0 Å². The second-order valence-corrected chi connectivity index (χ2v) is 8.97. The Balaban J connectivity index is 0.000000767. The van der Waals surface area contributed by atoms with E-state index in [2.05, 4.69) is 31.7 Å². The fourth-order valence-corrected chi connectivity index (χ4v) is 3.38. The number of nitrogens with zero attached hydrogens (tertiary/aromatic N) is 2. The topological polar surface area (TPSA) is 119 Å². The summed E-state index contributed by atoms with van der Waals surface area (Å²) in [5.41, 5.74) is 8.66. The van der Waals surface area contributed by atoms with Crippen molar-refractivity contribution in [1.29, 1.82) is 0 Å². The first-order valence-electron chi connectivity index (χ1n) is 12.2. The summed E-state index contributed by atoms with van der Waals surface area (Å²) in [6.45, 7) is 1.25. The summed E-state index contributed by atoms with van der Waals surface area (Å²) in [6, 6.07) is 33.2. The molecule has 0 bridgehead atoms. The van der Waals surface area contributed by atoms with Gasteiger partial charge >= 0.3 is 21.1 Å². The van der Waals surface area contributed by atoms with Crippen LogP contribution in [-0.2, 0) is 34.2 Å². The fourth-order valence-electron chi connectivity index (χ4n) is 3.13. The number of thiocarbonyl (C=S) groups is 2. The molecule has 0 aliphatic carbocycles. The first-order valence-corrected chi connectivity index (χ1v) is 13.1. The van der Waals surface area contributed by atoms with Gasteiger partial charge in [-0.1, -0.05) is 121 Å². The number of hydrogen-bond acceptors (Lipinski definition) is 6. The van der Waals surface area contributed by atoms with Gasteiger partial charge in [0.1, 0.15) is 0 Å². The molecule has 0 aliphatic rings. The molecule has 0 aliphatic heterocycles. The Labute approximate surface area is 289 Å². The van der Waals surface area contributed by atoms with Gasteiger partial charge in [-0.15, -0.1) is 0 Å². The minimum atomic E-state index is -0.0683. The standard InChI is InChI=1S/2C15H15N3OS.2ClH.Pt/c2*19-14-9-5-4-8-13(14)11-17-18-15(20)16-10-12-6-2-1-3-7-12;;;/h2*1-9,11,19H,10H2,(H2,16,18,20);2*1H;/q;;;;+4/p-4/b2*17-11-;;;. The van der Waals surface area contributed by atoms with Gasteiger partial charge in [0.25, 0.3) is 0 Å². The van der Waals surface area contributed by atoms with Gasteiger partial charge in [-0.3, -0.25) is 10.9 Å². The molecule has 4 rings (SSSR count). The molecule has 0 saturated carbocycles. The van der Waals surface area contributed by atoms with Crippen LogP contribution in [0.4, 0.5) is 0 Å². The van der Waals surface area contributed by atoms with Crippen molar-refractivity contribution in [3.63, 3.8) is 0 Å². The van der Waals surface area contributed by atoms with E-state index in [-0.39, 0.29) is 57.4 Å². The number of halogens is 2. The summed E-state index contributed by atoms with van der Waals surface area (Å²) in [5.74, 6) is -0.137. The summed E-state index contributed by atoms with van der Waals surface area (Å²) in [4.78, 5) is 0. The van der Waals surface area contributed by atoms with Crippen LogP contribution in [-0.4, -0.2) is 22.7 Å². The Morgan fingerprint density at radius 1 is 0.558 bits per heavy atom. The van der Waals surface area contributed by atoms with Gasteiger partial charge in [0, 0.05) is 13.1 Å². The van der Waals surface area contributed by atoms with E-state index in [1.54, 1.807) is 36.4 Å². The van der Waals surface area contributed by atoms with Crippen molar-refractivity contribution in [2.75, 3.05) is 0 Å². The normalized spacial score (nSPS) is 9.67. The predicted octanol–water partition coefficient (Wildman–Crippen LogP) is -2.48. The van der Waals surface area contributed by atoms with Crippen molar-refractivity contribution in [1.82, 2.24) is 21.5 Å². The maximum atomic E-state index is 11.4. The van der Waals surface area contributed by atoms with Crippen LogP contribution in [0, 0.1) is 0 Å². The molecule has 4 aromatic carbocycles. The molecular formula is C30H28Cl2N6O2PtS2. The molecule has 43 heavy (non-hydrogen) atoms. The van der Waals surface area contributed by atoms with Gasteiger partial charge in [0.05, 0.1) is 12.4 Å². The van der Waals surface area contributed by atoms with E-state index in [4.69, 9.17) is 24.4 Å². The van der Waals surface area contributed by atoms with E-state index in [0.717, 1.165) is 11.1 Å². The van der Waals surface area contributed by atoms with Gasteiger partial charge < -0.3 is 45.7 Å². The zero-order valence-electron chi connectivity index (χ0n) is 22.6. The Morgan fingerprint density at radius 2 is 0.884 bits per heavy atom. The second-order valence-electron chi connectivity index (χ2n) is 8.15. The number of para-hydroxylation sites is 2. The quantitative estimate of drug-likeness (QED) is 0.0878. The van der Waals surface area contributed by atoms with E-state index in [0.29, 0.717) is 34.4 Å². The van der Waals surface area contributed by atoms with Gasteiger partial charge in [-0.05, 0) is 46.7 Å². The monoisotopic (exact) mass is 833 g/mol. The minimum absolute atomic E-state index is 0. The van der Waals surface area contributed by atoms with Gasteiger partial charge in [-0.2, -0.15) is 10.2 Å². The largest absolute Gasteiger partial charge is 4.00 e. The van der Waals surface area contributed by atoms with Crippen molar-refractivity contribution in [3.05, 3.63) is 131 Å². The molecule has 0 radical (unpaired) electrons. The van der Waals surface area contributed by atoms with E-state index in [9.17, 15) is 10.2 Å². The summed E-state index contributed by atoms with van der Waals surface area (Å²) < 4.78 is 0. The van der Waals surface area contributed by atoms with Crippen molar-refractivity contribution in [3.8, 4) is 11.5 Å². The number of nitrogens with one attached hydrogen (secondary N) is 4. The molecule has 0 aromatic heterocycles. The van der Waals surface area contributed by atoms with Crippen LogP contribution in [0.25, 0.3) is 0 Å². The molecule has 0 spiro atoms. The molecule has 0 unspecified atom stereocenters. The molecule has 0 amide bonds. The van der Waals surface area contributed by atoms with Crippen molar-refractivity contribution in [2.24, 2.45) is 10.2 Å². The first kappa shape index (κ1) is 39.5. The summed E-state index contributed by atoms with van der Waals surface area (Å²) in [5, 5.41) is 37.6. The number of benzene rings is 4. The average Bonchev–Trinajstić information content (AvgIpc) is 2.98. The Hall–Kier alpha value is -3.53. The second kappa shape index (κ2) is 23.0. The van der Waals surface area contributed by atoms with Gasteiger partial charge in [0.2, 0.25) is 0 Å². The van der Waals surface area contributed by atoms with E-state index in [1.165, 1.54) is 24.6 Å². The van der Waals surface area contributed by atoms with Crippen molar-refractivity contribution < 1.29 is 56.1 Å². The molecular weight excluding hydrogens is 806 g/mol. The van der Waals surface area contributed by atoms with Gasteiger partial charge in [-0.25, -0.2) is 0 Å². The first-order chi connectivity index (χ1) is 19.5. The zero-order valence-corrected chi connectivity index (χ0v) is 28.0. The molecule has 0 fully saturated rings. The van der Waals surface area contributed by atoms with Crippen molar-refractivity contribution in [2.45, 2.75) is 13.1 Å². The van der Waals surface area contributed by atoms with Crippen LogP contribution in [0.2, 0.25) is 0 Å². The predicted molar refractivity (Wildman–Crippen MR) is 165 cm³/mol. The van der Waals surface area contributed by atoms with Crippen LogP contribution in [0.5, 0.6) is 11.5 Å². The fraction of sp³-hybridized carbons (Fsp3) is 0.0667. The third-order valence-corrected chi connectivity index (χ3v) is 5.64. The molecule has 0 saturated heterocycles. The molecule has 4 aromatic rings. The molecule has 8 nitrogen and oxygen atoms in total. The van der Waals surface area contributed by atoms with Crippen LogP contribution in [0.1, 0.15) is 22.3 Å². The number of hydrogen-bond donors (Lipinski definition) is 4. The summed E-state index contributed by atoms with van der Waals surface area (Å²) >= 11 is 10.2. The molecule has 4 N–H and O–H groups in total. The molecule has 226 valence electrons. The minimum Gasteiger partial charge on any atom is -1.00 e. The van der Waals surface area contributed by atoms with Crippen LogP contribution in [0.15, 0.2) is 119 Å². The van der Waals surface area contributed by atoms with Crippen LogP contribution in [0.3, 0.4) is 0 Å². The SMILES string of the molecule is [Cl-].[Cl-].[O-]c1ccccc1/C=N\NC(=S)NCc1ccccc1.[O-]c1ccccc1/C=N\NC(=S)NCc1ccccc1.[Pt+4]. The smallest absolute Gasteiger partial charge is 1.00 e. The third-order valence-electron chi connectivity index (χ3n) is 5.17.